The van der Waals surface area contributed by atoms with Crippen molar-refractivity contribution in [3.8, 4) is 0 Å². The fourth-order valence-electron chi connectivity index (χ4n) is 3.80. The van der Waals surface area contributed by atoms with Gasteiger partial charge in [-0.2, -0.15) is 22.5 Å². The zero-order valence-electron chi connectivity index (χ0n) is 17.7. The maximum atomic E-state index is 13.2. The van der Waals surface area contributed by atoms with E-state index in [9.17, 15) is 16.8 Å². The minimum absolute atomic E-state index is 0.0749. The molecule has 0 amide bonds. The van der Waals surface area contributed by atoms with Gasteiger partial charge in [0.15, 0.2) is 0 Å². The maximum absolute atomic E-state index is 13.2. The van der Waals surface area contributed by atoms with Gasteiger partial charge < -0.3 is 0 Å². The molecule has 164 valence electrons. The van der Waals surface area contributed by atoms with E-state index >= 15 is 0 Å². The summed E-state index contributed by atoms with van der Waals surface area (Å²) in [5.74, 6) is 0. The second kappa shape index (κ2) is 8.76. The molecule has 1 heterocycles. The highest BCUT2D eigenvalue weighted by molar-refractivity contribution is 7.89. The smallest absolute Gasteiger partial charge is 0.207 e. The summed E-state index contributed by atoms with van der Waals surface area (Å²) in [4.78, 5) is 0.434. The Morgan fingerprint density at radius 1 is 0.867 bits per heavy atom. The van der Waals surface area contributed by atoms with Crippen LogP contribution in [0.5, 0.6) is 0 Å². The first kappa shape index (κ1) is 22.9. The van der Waals surface area contributed by atoms with Crippen molar-refractivity contribution in [2.75, 3.05) is 13.1 Å². The summed E-state index contributed by atoms with van der Waals surface area (Å²) in [6.45, 7) is 8.02. The monoisotopic (exact) mass is 452 g/mol. The summed E-state index contributed by atoms with van der Waals surface area (Å²) in [6, 6.07) is 9.89. The predicted octanol–water partition coefficient (Wildman–Crippen LogP) is 2.98. The highest BCUT2D eigenvalue weighted by atomic mass is 32.2. The molecular formula is C21H28N2O5S2. The maximum Gasteiger partial charge on any atom is 0.312 e. The Bertz CT molecular complexity index is 1100. The predicted molar refractivity (Wildman–Crippen MR) is 115 cm³/mol. The van der Waals surface area contributed by atoms with Gasteiger partial charge in [-0.3, -0.25) is 0 Å². The number of benzene rings is 2. The van der Waals surface area contributed by atoms with Crippen molar-refractivity contribution in [1.29, 1.82) is 0 Å². The molecule has 0 saturated carbocycles. The first-order valence-electron chi connectivity index (χ1n) is 9.84. The van der Waals surface area contributed by atoms with Crippen molar-refractivity contribution < 1.29 is 21.1 Å². The second-order valence-corrected chi connectivity index (χ2v) is 11.3. The quantitative estimate of drug-likeness (QED) is 0.678. The third-order valence-corrected chi connectivity index (χ3v) is 8.66. The topological polar surface area (TPSA) is 92.8 Å². The van der Waals surface area contributed by atoms with Crippen molar-refractivity contribution in [3.63, 3.8) is 0 Å². The van der Waals surface area contributed by atoms with Gasteiger partial charge in [-0.15, -0.1) is 0 Å². The van der Waals surface area contributed by atoms with Crippen molar-refractivity contribution in [2.24, 2.45) is 0 Å². The molecule has 1 fully saturated rings. The number of hydroxylamine groups is 1. The number of nitrogens with zero attached hydrogens (tertiary/aromatic N) is 1. The Morgan fingerprint density at radius 2 is 1.40 bits per heavy atom. The van der Waals surface area contributed by atoms with Crippen LogP contribution in [0.1, 0.15) is 35.1 Å². The van der Waals surface area contributed by atoms with Crippen LogP contribution in [-0.2, 0) is 24.4 Å². The van der Waals surface area contributed by atoms with Crippen LogP contribution in [0.2, 0.25) is 0 Å². The van der Waals surface area contributed by atoms with Crippen LogP contribution in [0, 0.1) is 27.7 Å². The lowest BCUT2D eigenvalue weighted by molar-refractivity contribution is 0.130. The molecule has 2 aromatic carbocycles. The van der Waals surface area contributed by atoms with E-state index in [1.807, 2.05) is 39.8 Å². The molecule has 2 aromatic rings. The Morgan fingerprint density at radius 3 is 1.93 bits per heavy atom. The number of hydrogen-bond donors (Lipinski definition) is 1. The summed E-state index contributed by atoms with van der Waals surface area (Å²) in [5, 5.41) is 0. The van der Waals surface area contributed by atoms with E-state index in [1.54, 1.807) is 12.1 Å². The minimum atomic E-state index is -3.92. The molecule has 0 aromatic heterocycles. The lowest BCUT2D eigenvalue weighted by atomic mass is 10.1. The zero-order chi connectivity index (χ0) is 22.1. The largest absolute Gasteiger partial charge is 0.312 e. The highest BCUT2D eigenvalue weighted by Gasteiger charge is 2.32. The Balaban J connectivity index is 1.63. The van der Waals surface area contributed by atoms with Crippen LogP contribution in [-0.4, -0.2) is 40.3 Å². The number of nitrogens with one attached hydrogen (secondary N) is 1. The molecule has 1 aliphatic rings. The van der Waals surface area contributed by atoms with Crippen LogP contribution in [0.3, 0.4) is 0 Å². The van der Waals surface area contributed by atoms with E-state index in [4.69, 9.17) is 4.28 Å². The van der Waals surface area contributed by atoms with Crippen LogP contribution >= 0.6 is 0 Å². The Labute approximate surface area is 179 Å². The molecule has 0 unspecified atom stereocenters. The van der Waals surface area contributed by atoms with Crippen molar-refractivity contribution in [1.82, 2.24) is 9.79 Å². The van der Waals surface area contributed by atoms with Crippen LogP contribution in [0.15, 0.2) is 46.2 Å². The second-order valence-electron chi connectivity index (χ2n) is 7.87. The van der Waals surface area contributed by atoms with Crippen LogP contribution in [0.25, 0.3) is 0 Å². The first-order valence-corrected chi connectivity index (χ1v) is 12.7. The zero-order valence-corrected chi connectivity index (χ0v) is 19.3. The molecule has 3 rings (SSSR count). The van der Waals surface area contributed by atoms with Gasteiger partial charge in [0, 0.05) is 19.1 Å². The standard InChI is InChI=1S/C21H28N2O5S2/c1-15-5-7-20(8-6-15)30(26,27)28-22-19-9-11-23(12-10-19)29(24,25)21-17(3)13-16(2)14-18(21)4/h5-8,13-14,19,22H,9-12H2,1-4H3. The van der Waals surface area contributed by atoms with E-state index in [0.29, 0.717) is 30.8 Å². The van der Waals surface area contributed by atoms with E-state index < -0.39 is 20.1 Å². The average molecular weight is 453 g/mol. The van der Waals surface area contributed by atoms with Gasteiger partial charge in [0.05, 0.1) is 9.79 Å². The number of sulfonamides is 1. The van der Waals surface area contributed by atoms with Gasteiger partial charge in [0.2, 0.25) is 10.0 Å². The van der Waals surface area contributed by atoms with Crippen LogP contribution in [0.4, 0.5) is 0 Å². The summed E-state index contributed by atoms with van der Waals surface area (Å²) >= 11 is 0. The Hall–Kier alpha value is -1.78. The van der Waals surface area contributed by atoms with Gasteiger partial charge in [0.1, 0.15) is 0 Å². The SMILES string of the molecule is Cc1ccc(S(=O)(=O)ONC2CCN(S(=O)(=O)c3c(C)cc(C)cc3C)CC2)cc1. The summed E-state index contributed by atoms with van der Waals surface area (Å²) in [6.07, 6.45) is 0.902. The van der Waals surface area contributed by atoms with Gasteiger partial charge in [-0.05, 0) is 63.8 Å². The molecule has 1 saturated heterocycles. The van der Waals surface area contributed by atoms with E-state index in [2.05, 4.69) is 5.48 Å². The fraction of sp³-hybridized carbons (Fsp3) is 0.429. The third-order valence-electron chi connectivity index (χ3n) is 5.29. The van der Waals surface area contributed by atoms with Crippen molar-refractivity contribution in [2.45, 2.75) is 56.4 Å². The summed E-state index contributed by atoms with van der Waals surface area (Å²) < 4.78 is 57.4. The van der Waals surface area contributed by atoms with Crippen molar-refractivity contribution >= 4 is 20.1 Å². The molecule has 1 aliphatic heterocycles. The van der Waals surface area contributed by atoms with E-state index in [-0.39, 0.29) is 10.9 Å². The number of hydrogen-bond acceptors (Lipinski definition) is 6. The van der Waals surface area contributed by atoms with E-state index in [0.717, 1.165) is 22.3 Å². The molecule has 0 bridgehead atoms. The number of piperidine rings is 1. The van der Waals surface area contributed by atoms with Crippen molar-refractivity contribution in [3.05, 3.63) is 58.7 Å². The fourth-order valence-corrected chi connectivity index (χ4v) is 6.51. The van der Waals surface area contributed by atoms with E-state index in [1.165, 1.54) is 16.4 Å². The highest BCUT2D eigenvalue weighted by Crippen LogP contribution is 2.27. The molecule has 0 atom stereocenters. The molecule has 1 N–H and O–H groups in total. The summed E-state index contributed by atoms with van der Waals surface area (Å²) in [5.41, 5.74) is 6.06. The molecule has 30 heavy (non-hydrogen) atoms. The minimum Gasteiger partial charge on any atom is -0.207 e. The van der Waals surface area contributed by atoms with Crippen LogP contribution < -0.4 is 5.48 Å². The molecular weight excluding hydrogens is 424 g/mol. The lowest BCUT2D eigenvalue weighted by Crippen LogP contribution is -2.45. The van der Waals surface area contributed by atoms with Gasteiger partial charge >= 0.3 is 10.1 Å². The number of rotatable bonds is 6. The normalized spacial score (nSPS) is 16.7. The molecule has 0 spiro atoms. The molecule has 9 heteroatoms. The third kappa shape index (κ3) is 4.92. The number of aryl methyl sites for hydroxylation is 4. The molecule has 0 aliphatic carbocycles. The Kier molecular flexibility index (Phi) is 6.69. The average Bonchev–Trinajstić information content (AvgIpc) is 2.66. The van der Waals surface area contributed by atoms with Gasteiger partial charge in [-0.25, -0.2) is 8.42 Å². The molecule has 0 radical (unpaired) electrons. The van der Waals surface area contributed by atoms with Gasteiger partial charge in [-0.1, -0.05) is 35.4 Å². The molecule has 7 nitrogen and oxygen atoms in total. The van der Waals surface area contributed by atoms with Gasteiger partial charge in [0.25, 0.3) is 0 Å². The first-order chi connectivity index (χ1) is 14.0. The lowest BCUT2D eigenvalue weighted by Gasteiger charge is -2.32. The summed E-state index contributed by atoms with van der Waals surface area (Å²) in [7, 11) is -7.53.